The number of fused-ring (bicyclic) bond motifs is 2. The lowest BCUT2D eigenvalue weighted by atomic mass is 9.82. The van der Waals surface area contributed by atoms with E-state index in [0.29, 0.717) is 0 Å². The minimum absolute atomic E-state index is 0.0507. The van der Waals surface area contributed by atoms with Crippen LogP contribution in [0.25, 0.3) is 21.8 Å². The van der Waals surface area contributed by atoms with Crippen molar-refractivity contribution in [3.8, 4) is 0 Å². The van der Waals surface area contributed by atoms with Gasteiger partial charge in [0.1, 0.15) is 0 Å². The van der Waals surface area contributed by atoms with Crippen molar-refractivity contribution in [2.75, 3.05) is 0 Å². The molecule has 18 heavy (non-hydrogen) atoms. The van der Waals surface area contributed by atoms with Crippen LogP contribution in [0.5, 0.6) is 0 Å². The predicted molar refractivity (Wildman–Crippen MR) is 75.7 cm³/mol. The van der Waals surface area contributed by atoms with Crippen LogP contribution in [-0.2, 0) is 5.41 Å². The van der Waals surface area contributed by atoms with Crippen LogP contribution in [0.2, 0.25) is 0 Å². The lowest BCUT2D eigenvalue weighted by Crippen LogP contribution is -2.13. The molecule has 2 nitrogen and oxygen atoms in total. The van der Waals surface area contributed by atoms with Crippen LogP contribution in [0.1, 0.15) is 26.3 Å². The van der Waals surface area contributed by atoms with Crippen molar-refractivity contribution in [1.29, 1.82) is 0 Å². The summed E-state index contributed by atoms with van der Waals surface area (Å²) in [5.74, 6) is 0. The van der Waals surface area contributed by atoms with Crippen molar-refractivity contribution in [2.45, 2.75) is 26.2 Å². The lowest BCUT2D eigenvalue weighted by molar-refractivity contribution is 0.600. The second kappa shape index (κ2) is 3.77. The van der Waals surface area contributed by atoms with Crippen molar-refractivity contribution in [2.24, 2.45) is 0 Å². The summed E-state index contributed by atoms with van der Waals surface area (Å²) in [7, 11) is 0. The third-order valence-electron chi connectivity index (χ3n) is 3.24. The van der Waals surface area contributed by atoms with Gasteiger partial charge in [0.05, 0.1) is 11.0 Å². The van der Waals surface area contributed by atoms with Gasteiger partial charge in [0, 0.05) is 12.4 Å². The van der Waals surface area contributed by atoms with Gasteiger partial charge in [-0.2, -0.15) is 0 Å². The maximum Gasteiger partial charge on any atom is 0.0930 e. The molecule has 0 saturated carbocycles. The molecule has 0 unspecified atom stereocenters. The standard InChI is InChI=1S/C16H16N2/c1-16(2,3)14-12-7-5-4-6-11(12)10-13-15(14)18-9-8-17-13/h4-10H,1-3H3. The smallest absolute Gasteiger partial charge is 0.0930 e. The molecule has 0 saturated heterocycles. The Bertz CT molecular complexity index is 670. The first-order valence-corrected chi connectivity index (χ1v) is 6.20. The summed E-state index contributed by atoms with van der Waals surface area (Å²) in [4.78, 5) is 8.98. The topological polar surface area (TPSA) is 25.8 Å². The van der Waals surface area contributed by atoms with Gasteiger partial charge in [0.25, 0.3) is 0 Å². The van der Waals surface area contributed by atoms with Gasteiger partial charge in [-0.1, -0.05) is 45.0 Å². The van der Waals surface area contributed by atoms with Gasteiger partial charge in [0.15, 0.2) is 0 Å². The summed E-state index contributed by atoms with van der Waals surface area (Å²) in [5, 5.41) is 2.51. The van der Waals surface area contributed by atoms with Crippen LogP contribution in [-0.4, -0.2) is 9.97 Å². The third-order valence-corrected chi connectivity index (χ3v) is 3.24. The Labute approximate surface area is 107 Å². The average Bonchev–Trinajstić information content (AvgIpc) is 2.34. The first kappa shape index (κ1) is 11.1. The zero-order valence-corrected chi connectivity index (χ0v) is 10.9. The monoisotopic (exact) mass is 236 g/mol. The fraction of sp³-hybridized carbons (Fsp3) is 0.250. The molecule has 0 N–H and O–H groups in total. The summed E-state index contributed by atoms with van der Waals surface area (Å²) < 4.78 is 0. The minimum atomic E-state index is 0.0507. The van der Waals surface area contributed by atoms with Gasteiger partial charge in [-0.15, -0.1) is 0 Å². The Morgan fingerprint density at radius 2 is 1.67 bits per heavy atom. The van der Waals surface area contributed by atoms with Crippen LogP contribution < -0.4 is 0 Å². The van der Waals surface area contributed by atoms with Gasteiger partial charge in [-0.3, -0.25) is 9.97 Å². The first-order chi connectivity index (χ1) is 8.57. The van der Waals surface area contributed by atoms with E-state index in [1.165, 1.54) is 16.3 Å². The van der Waals surface area contributed by atoms with Crippen molar-refractivity contribution < 1.29 is 0 Å². The molecule has 3 aromatic rings. The number of aromatic nitrogens is 2. The highest BCUT2D eigenvalue weighted by atomic mass is 14.8. The van der Waals surface area contributed by atoms with E-state index in [1.807, 2.05) is 0 Å². The summed E-state index contributed by atoms with van der Waals surface area (Å²) >= 11 is 0. The molecule has 0 aliphatic heterocycles. The Morgan fingerprint density at radius 3 is 2.44 bits per heavy atom. The van der Waals surface area contributed by atoms with E-state index < -0.39 is 0 Å². The molecule has 0 aliphatic carbocycles. The highest BCUT2D eigenvalue weighted by Gasteiger charge is 2.21. The number of hydrogen-bond acceptors (Lipinski definition) is 2. The molecule has 0 bridgehead atoms. The van der Waals surface area contributed by atoms with E-state index in [1.54, 1.807) is 12.4 Å². The molecule has 2 aromatic carbocycles. The minimum Gasteiger partial charge on any atom is -0.253 e. The molecule has 0 atom stereocenters. The summed E-state index contributed by atoms with van der Waals surface area (Å²) in [6.45, 7) is 6.68. The van der Waals surface area contributed by atoms with Gasteiger partial charge >= 0.3 is 0 Å². The highest BCUT2D eigenvalue weighted by molar-refractivity contribution is 5.99. The van der Waals surface area contributed by atoms with E-state index in [9.17, 15) is 0 Å². The molecule has 3 rings (SSSR count). The molecule has 1 heterocycles. The summed E-state index contributed by atoms with van der Waals surface area (Å²) in [6.07, 6.45) is 3.52. The van der Waals surface area contributed by atoms with E-state index >= 15 is 0 Å². The van der Waals surface area contributed by atoms with Crippen LogP contribution in [0.4, 0.5) is 0 Å². The van der Waals surface area contributed by atoms with Crippen LogP contribution in [0.3, 0.4) is 0 Å². The molecular weight excluding hydrogens is 220 g/mol. The molecular formula is C16H16N2. The Morgan fingerprint density at radius 1 is 0.944 bits per heavy atom. The quantitative estimate of drug-likeness (QED) is 0.550. The van der Waals surface area contributed by atoms with Gasteiger partial charge in [-0.05, 0) is 27.8 Å². The van der Waals surface area contributed by atoms with Gasteiger partial charge in [0.2, 0.25) is 0 Å². The fourth-order valence-corrected chi connectivity index (χ4v) is 2.53. The van der Waals surface area contributed by atoms with Crippen LogP contribution in [0.15, 0.2) is 42.7 Å². The first-order valence-electron chi connectivity index (χ1n) is 6.20. The lowest BCUT2D eigenvalue weighted by Gasteiger charge is -2.22. The zero-order chi connectivity index (χ0) is 12.8. The Balaban J connectivity index is 2.58. The second-order valence-corrected chi connectivity index (χ2v) is 5.65. The SMILES string of the molecule is CC(C)(C)c1c2ccccc2cc2nccnc12. The Kier molecular flexibility index (Phi) is 2.34. The number of hydrogen-bond donors (Lipinski definition) is 0. The molecule has 0 fully saturated rings. The predicted octanol–water partition coefficient (Wildman–Crippen LogP) is 4.08. The number of benzene rings is 2. The molecule has 1 aromatic heterocycles. The van der Waals surface area contributed by atoms with Crippen molar-refractivity contribution >= 4 is 21.8 Å². The van der Waals surface area contributed by atoms with E-state index in [2.05, 4.69) is 61.1 Å². The van der Waals surface area contributed by atoms with E-state index in [0.717, 1.165) is 11.0 Å². The van der Waals surface area contributed by atoms with Gasteiger partial charge < -0.3 is 0 Å². The molecule has 0 amide bonds. The fourth-order valence-electron chi connectivity index (χ4n) is 2.53. The maximum absolute atomic E-state index is 4.54. The highest BCUT2D eigenvalue weighted by Crippen LogP contribution is 2.34. The largest absolute Gasteiger partial charge is 0.253 e. The number of nitrogens with zero attached hydrogens (tertiary/aromatic N) is 2. The summed E-state index contributed by atoms with van der Waals surface area (Å²) in [6, 6.07) is 10.6. The van der Waals surface area contributed by atoms with Crippen molar-refractivity contribution in [3.63, 3.8) is 0 Å². The van der Waals surface area contributed by atoms with Gasteiger partial charge in [-0.25, -0.2) is 0 Å². The molecule has 90 valence electrons. The maximum atomic E-state index is 4.54. The molecule has 0 radical (unpaired) electrons. The molecule has 2 heteroatoms. The second-order valence-electron chi connectivity index (χ2n) is 5.65. The Hall–Kier alpha value is -1.96. The normalized spacial score (nSPS) is 12.2. The van der Waals surface area contributed by atoms with E-state index in [-0.39, 0.29) is 5.41 Å². The summed E-state index contributed by atoms with van der Waals surface area (Å²) in [5.41, 5.74) is 3.32. The zero-order valence-electron chi connectivity index (χ0n) is 10.9. The average molecular weight is 236 g/mol. The molecule has 0 aliphatic rings. The van der Waals surface area contributed by atoms with Crippen LogP contribution in [0, 0.1) is 0 Å². The van der Waals surface area contributed by atoms with Crippen molar-refractivity contribution in [3.05, 3.63) is 48.3 Å². The number of rotatable bonds is 0. The van der Waals surface area contributed by atoms with Crippen molar-refractivity contribution in [1.82, 2.24) is 9.97 Å². The molecule has 0 spiro atoms. The van der Waals surface area contributed by atoms with Crippen LogP contribution >= 0.6 is 0 Å². The third kappa shape index (κ3) is 1.65. The van der Waals surface area contributed by atoms with E-state index in [4.69, 9.17) is 0 Å².